The Labute approximate surface area is 270 Å². The van der Waals surface area contributed by atoms with Gasteiger partial charge in [-0.3, -0.25) is 9.78 Å². The van der Waals surface area contributed by atoms with E-state index in [1.54, 1.807) is 31.5 Å². The van der Waals surface area contributed by atoms with Crippen LogP contribution in [0, 0.1) is 11.6 Å². The summed E-state index contributed by atoms with van der Waals surface area (Å²) in [5.74, 6) is -1.45. The number of rotatable bonds is 12. The smallest absolute Gasteiger partial charge is 0.234 e. The third kappa shape index (κ3) is 7.34. The first-order chi connectivity index (χ1) is 22.8. The maximum atomic E-state index is 15.5. The fourth-order valence-electron chi connectivity index (χ4n) is 5.53. The van der Waals surface area contributed by atoms with Crippen molar-refractivity contribution in [3.8, 4) is 34.3 Å². The van der Waals surface area contributed by atoms with Crippen molar-refractivity contribution in [2.75, 3.05) is 53.5 Å². The van der Waals surface area contributed by atoms with Crippen LogP contribution in [0.25, 0.3) is 22.2 Å². The molecule has 1 fully saturated rings. The molecule has 1 saturated heterocycles. The van der Waals surface area contributed by atoms with Crippen molar-refractivity contribution in [2.24, 2.45) is 5.73 Å². The number of hydrogen-bond donors (Lipinski definition) is 1. The number of aromatic nitrogens is 2. The Hall–Kier alpha value is -5.07. The third-order valence-electron chi connectivity index (χ3n) is 8.15. The van der Waals surface area contributed by atoms with Crippen LogP contribution < -0.4 is 19.9 Å². The molecule has 244 valence electrons. The molecule has 3 aromatic carbocycles. The van der Waals surface area contributed by atoms with E-state index in [0.717, 1.165) is 45.2 Å². The number of nitrogens with zero attached hydrogens (tertiary/aromatic N) is 4. The Kier molecular flexibility index (Phi) is 9.60. The van der Waals surface area contributed by atoms with Gasteiger partial charge in [-0.2, -0.15) is 0 Å². The van der Waals surface area contributed by atoms with Crippen LogP contribution in [0.1, 0.15) is 23.8 Å². The molecular formula is C35H35F2N5O5. The van der Waals surface area contributed by atoms with E-state index in [-0.39, 0.29) is 17.2 Å². The zero-order chi connectivity index (χ0) is 32.9. The van der Waals surface area contributed by atoms with Crippen molar-refractivity contribution in [3.05, 3.63) is 96.1 Å². The fraction of sp³-hybridized carbons (Fsp3) is 0.286. The normalized spacial score (nSPS) is 14.6. The zero-order valence-electron chi connectivity index (χ0n) is 26.1. The molecule has 5 aromatic rings. The molecule has 1 aliphatic heterocycles. The summed E-state index contributed by atoms with van der Waals surface area (Å²) in [6.07, 6.45) is 3.84. The molecule has 12 heteroatoms. The number of primary amides is 1. The second-order valence-corrected chi connectivity index (χ2v) is 11.4. The van der Waals surface area contributed by atoms with Crippen LogP contribution in [0.3, 0.4) is 0 Å². The minimum absolute atomic E-state index is 0.0190. The van der Waals surface area contributed by atoms with E-state index in [9.17, 15) is 9.18 Å². The molecule has 3 heterocycles. The lowest BCUT2D eigenvalue weighted by Crippen LogP contribution is -2.44. The topological polar surface area (TPSA) is 116 Å². The summed E-state index contributed by atoms with van der Waals surface area (Å²) in [5.41, 5.74) is 7.06. The van der Waals surface area contributed by atoms with Gasteiger partial charge in [0.2, 0.25) is 11.8 Å². The summed E-state index contributed by atoms with van der Waals surface area (Å²) in [7, 11) is 3.69. The largest absolute Gasteiger partial charge is 0.493 e. The number of piperazine rings is 1. The number of halogens is 2. The average molecular weight is 644 g/mol. The van der Waals surface area contributed by atoms with Gasteiger partial charge in [-0.1, -0.05) is 6.07 Å². The Morgan fingerprint density at radius 2 is 1.74 bits per heavy atom. The summed E-state index contributed by atoms with van der Waals surface area (Å²) in [5, 5.41) is 0.598. The van der Waals surface area contributed by atoms with Crippen molar-refractivity contribution in [1.82, 2.24) is 19.8 Å². The van der Waals surface area contributed by atoms with Gasteiger partial charge >= 0.3 is 0 Å². The highest BCUT2D eigenvalue weighted by Gasteiger charge is 2.27. The number of oxazole rings is 1. The van der Waals surface area contributed by atoms with Crippen LogP contribution in [0.2, 0.25) is 0 Å². The predicted molar refractivity (Wildman–Crippen MR) is 172 cm³/mol. The molecule has 0 aliphatic carbocycles. The van der Waals surface area contributed by atoms with Gasteiger partial charge < -0.3 is 34.2 Å². The maximum Gasteiger partial charge on any atom is 0.234 e. The lowest BCUT2D eigenvalue weighted by molar-refractivity contribution is -0.118. The lowest BCUT2D eigenvalue weighted by atomic mass is 9.98. The maximum absolute atomic E-state index is 15.5. The average Bonchev–Trinajstić information content (AvgIpc) is 3.54. The Bertz CT molecular complexity index is 1860. The van der Waals surface area contributed by atoms with Crippen LogP contribution in [-0.4, -0.2) is 79.2 Å². The number of carbonyl (C=O) groups is 1. The predicted octanol–water partition coefficient (Wildman–Crippen LogP) is 5.60. The summed E-state index contributed by atoms with van der Waals surface area (Å²) in [6.45, 7) is 5.73. The Morgan fingerprint density at radius 1 is 0.957 bits per heavy atom. The second kappa shape index (κ2) is 14.1. The van der Waals surface area contributed by atoms with E-state index in [2.05, 4.69) is 26.8 Å². The molecule has 10 nitrogen and oxygen atoms in total. The number of hydrogen-bond acceptors (Lipinski definition) is 9. The van der Waals surface area contributed by atoms with Gasteiger partial charge in [-0.05, 0) is 67.6 Å². The number of methoxy groups -OCH3 is 1. The molecule has 0 radical (unpaired) electrons. The molecule has 1 aliphatic rings. The lowest BCUT2D eigenvalue weighted by Gasteiger charge is -2.32. The molecule has 47 heavy (non-hydrogen) atoms. The van der Waals surface area contributed by atoms with E-state index >= 15 is 4.39 Å². The molecule has 6 rings (SSSR count). The first-order valence-corrected chi connectivity index (χ1v) is 15.3. The minimum atomic E-state index is -1.17. The fourth-order valence-corrected chi connectivity index (χ4v) is 5.53. The summed E-state index contributed by atoms with van der Waals surface area (Å²) >= 11 is 0. The van der Waals surface area contributed by atoms with Crippen molar-refractivity contribution in [2.45, 2.75) is 12.3 Å². The first kappa shape index (κ1) is 31.9. The molecule has 0 bridgehead atoms. The molecule has 1 atom stereocenters. The molecule has 0 saturated carbocycles. The van der Waals surface area contributed by atoms with Gasteiger partial charge in [0.15, 0.2) is 28.8 Å². The van der Waals surface area contributed by atoms with Crippen molar-refractivity contribution < 1.29 is 32.2 Å². The van der Waals surface area contributed by atoms with Crippen molar-refractivity contribution >= 4 is 16.8 Å². The number of likely N-dealkylation sites (N-methyl/N-ethyl adjacent to an activating group) is 1. The van der Waals surface area contributed by atoms with Crippen LogP contribution in [0.15, 0.2) is 77.5 Å². The zero-order valence-corrected chi connectivity index (χ0v) is 26.1. The molecule has 0 spiro atoms. The highest BCUT2D eigenvalue weighted by Crippen LogP contribution is 2.38. The number of pyridine rings is 1. The third-order valence-corrected chi connectivity index (χ3v) is 8.15. The molecule has 1 unspecified atom stereocenters. The molecule has 2 aromatic heterocycles. The SMILES string of the molecule is COc1cc2c(Oc3ccc(C(C(N)=O)c4ncc(-c5ccc(F)cc5)o4)cc3F)ccnc2cc1OCCCN1CCN(C)CC1. The van der Waals surface area contributed by atoms with Crippen molar-refractivity contribution in [3.63, 3.8) is 0 Å². The monoisotopic (exact) mass is 643 g/mol. The van der Waals surface area contributed by atoms with Gasteiger partial charge in [0.25, 0.3) is 0 Å². The number of carbonyl (C=O) groups excluding carboxylic acids is 1. The van der Waals surface area contributed by atoms with Crippen molar-refractivity contribution in [1.29, 1.82) is 0 Å². The molecular weight excluding hydrogens is 608 g/mol. The highest BCUT2D eigenvalue weighted by molar-refractivity contribution is 5.88. The summed E-state index contributed by atoms with van der Waals surface area (Å²) < 4.78 is 52.3. The van der Waals surface area contributed by atoms with Crippen LogP contribution in [0.5, 0.6) is 23.0 Å². The van der Waals surface area contributed by atoms with Gasteiger partial charge in [0.1, 0.15) is 17.5 Å². The van der Waals surface area contributed by atoms with Crippen LogP contribution in [-0.2, 0) is 4.79 Å². The van der Waals surface area contributed by atoms with Gasteiger partial charge in [-0.15, -0.1) is 0 Å². The summed E-state index contributed by atoms with van der Waals surface area (Å²) in [4.78, 5) is 25.9. The van der Waals surface area contributed by atoms with Gasteiger partial charge in [0.05, 0.1) is 25.4 Å². The second-order valence-electron chi connectivity index (χ2n) is 11.4. The summed E-state index contributed by atoms with van der Waals surface area (Å²) in [6, 6.07) is 14.9. The van der Waals surface area contributed by atoms with Crippen LogP contribution in [0.4, 0.5) is 8.78 Å². The molecule has 2 N–H and O–H groups in total. The highest BCUT2D eigenvalue weighted by atomic mass is 19.1. The standard InChI is InChI=1S/C35H35F2N5O5/c1-41-13-15-42(16-14-41)12-3-17-45-31-20-27-25(19-30(31)44-2)28(10-11-39-27)46-29-9-6-23(18-26(29)37)33(34(38)43)35-40-21-32(47-35)22-4-7-24(36)8-5-22/h4-11,18-21,33H,3,12-17H2,1-2H3,(H2,38,43). The number of nitrogens with two attached hydrogens (primary N) is 1. The Morgan fingerprint density at radius 3 is 2.47 bits per heavy atom. The van der Waals surface area contributed by atoms with E-state index in [1.165, 1.54) is 42.6 Å². The number of ether oxygens (including phenoxy) is 3. The Balaban J connectivity index is 1.17. The van der Waals surface area contributed by atoms with E-state index in [4.69, 9.17) is 24.4 Å². The van der Waals surface area contributed by atoms with E-state index in [1.807, 2.05) is 0 Å². The number of amides is 1. The number of fused-ring (bicyclic) bond motifs is 1. The quantitative estimate of drug-likeness (QED) is 0.173. The first-order valence-electron chi connectivity index (χ1n) is 15.3. The van der Waals surface area contributed by atoms with E-state index < -0.39 is 23.5 Å². The van der Waals surface area contributed by atoms with Crippen LogP contribution >= 0.6 is 0 Å². The van der Waals surface area contributed by atoms with Gasteiger partial charge in [-0.25, -0.2) is 13.8 Å². The molecule has 1 amide bonds. The minimum Gasteiger partial charge on any atom is -0.493 e. The van der Waals surface area contributed by atoms with E-state index in [0.29, 0.717) is 46.1 Å². The van der Waals surface area contributed by atoms with Gasteiger partial charge in [0, 0.05) is 55.9 Å². The number of benzene rings is 3.